The van der Waals surface area contributed by atoms with Crippen molar-refractivity contribution in [1.29, 1.82) is 0 Å². The van der Waals surface area contributed by atoms with Crippen LogP contribution >= 0.6 is 23.4 Å². The van der Waals surface area contributed by atoms with Crippen LogP contribution in [-0.2, 0) is 4.79 Å². The Balaban J connectivity index is 1.75. The average molecular weight is 403 g/mol. The summed E-state index contributed by atoms with van der Waals surface area (Å²) in [5.74, 6) is 1.60. The van der Waals surface area contributed by atoms with Gasteiger partial charge < -0.3 is 4.74 Å². The highest BCUT2D eigenvalue weighted by atomic mass is 35.5. The number of benzene rings is 2. The van der Waals surface area contributed by atoms with Crippen LogP contribution in [0.25, 0.3) is 0 Å². The summed E-state index contributed by atoms with van der Waals surface area (Å²) in [4.78, 5) is 19.3. The Hall–Kier alpha value is -1.98. The summed E-state index contributed by atoms with van der Waals surface area (Å²) in [7, 11) is 0. The van der Waals surface area contributed by atoms with Crippen molar-refractivity contribution >= 4 is 40.1 Å². The lowest BCUT2D eigenvalue weighted by Crippen LogP contribution is -2.41. The molecule has 1 aliphatic rings. The molecule has 0 unspecified atom stereocenters. The van der Waals surface area contributed by atoms with Gasteiger partial charge in [-0.2, -0.15) is 0 Å². The van der Waals surface area contributed by atoms with Gasteiger partial charge in [-0.1, -0.05) is 41.6 Å². The van der Waals surface area contributed by atoms with Gasteiger partial charge in [0.15, 0.2) is 11.8 Å². The van der Waals surface area contributed by atoms with Gasteiger partial charge >= 0.3 is 0 Å². The number of hydrogen-bond acceptors (Lipinski definition) is 4. The second-order valence-corrected chi connectivity index (χ2v) is 8.08. The van der Waals surface area contributed by atoms with E-state index in [2.05, 4.69) is 0 Å². The van der Waals surface area contributed by atoms with Gasteiger partial charge in [-0.3, -0.25) is 9.69 Å². The topological polar surface area (TPSA) is 41.9 Å². The summed E-state index contributed by atoms with van der Waals surface area (Å²) in [6.45, 7) is 6.53. The van der Waals surface area contributed by atoms with Crippen LogP contribution in [0.4, 0.5) is 5.69 Å². The fourth-order valence-electron chi connectivity index (χ4n) is 3.01. The lowest BCUT2D eigenvalue weighted by molar-refractivity contribution is -0.129. The Labute approximate surface area is 169 Å². The van der Waals surface area contributed by atoms with Crippen molar-refractivity contribution in [3.8, 4) is 5.75 Å². The van der Waals surface area contributed by atoms with E-state index in [1.54, 1.807) is 16.7 Å². The first-order chi connectivity index (χ1) is 13.0. The molecule has 0 saturated carbocycles. The second-order valence-electron chi connectivity index (χ2n) is 6.59. The molecule has 0 atom stereocenters. The number of hydrogen-bond donors (Lipinski definition) is 0. The maximum absolute atomic E-state index is 12.8. The van der Waals surface area contributed by atoms with E-state index in [1.807, 2.05) is 57.2 Å². The monoisotopic (exact) mass is 402 g/mol. The quantitative estimate of drug-likeness (QED) is 0.697. The van der Waals surface area contributed by atoms with Gasteiger partial charge in [0.05, 0.1) is 5.69 Å². The third-order valence-corrected chi connectivity index (χ3v) is 5.67. The largest absolute Gasteiger partial charge is 0.483 e. The van der Waals surface area contributed by atoms with E-state index in [1.165, 1.54) is 0 Å². The number of aliphatic imine (C=N–C) groups is 1. The van der Waals surface area contributed by atoms with Crippen molar-refractivity contribution in [2.24, 2.45) is 4.99 Å². The maximum Gasteiger partial charge on any atom is 0.266 e. The molecule has 1 amide bonds. The summed E-state index contributed by atoms with van der Waals surface area (Å²) in [6.07, 6.45) is 0.947. The van der Waals surface area contributed by atoms with Crippen molar-refractivity contribution in [2.45, 2.75) is 27.2 Å². The van der Waals surface area contributed by atoms with Crippen LogP contribution < -0.4 is 4.74 Å². The number of halogens is 1. The van der Waals surface area contributed by atoms with Gasteiger partial charge in [-0.05, 0) is 62.1 Å². The fourth-order valence-corrected chi connectivity index (χ4v) is 4.31. The molecule has 4 nitrogen and oxygen atoms in total. The Morgan fingerprint density at radius 3 is 2.59 bits per heavy atom. The summed E-state index contributed by atoms with van der Waals surface area (Å²) in [5, 5.41) is 1.41. The van der Waals surface area contributed by atoms with Crippen LogP contribution in [-0.4, -0.2) is 34.9 Å². The molecule has 27 heavy (non-hydrogen) atoms. The summed E-state index contributed by atoms with van der Waals surface area (Å²) < 4.78 is 5.85. The second kappa shape index (κ2) is 8.81. The predicted octanol–water partition coefficient (Wildman–Crippen LogP) is 5.30. The highest BCUT2D eigenvalue weighted by Gasteiger charge is 2.24. The lowest BCUT2D eigenvalue weighted by atomic mass is 10.1. The molecule has 3 rings (SSSR count). The highest BCUT2D eigenvalue weighted by Crippen LogP contribution is 2.28. The van der Waals surface area contributed by atoms with Crippen molar-refractivity contribution in [2.75, 3.05) is 18.9 Å². The number of thioether (sulfide) groups is 1. The molecular weight excluding hydrogens is 380 g/mol. The number of rotatable bonds is 4. The van der Waals surface area contributed by atoms with Crippen LogP contribution in [0, 0.1) is 20.8 Å². The third-order valence-electron chi connectivity index (χ3n) is 4.39. The molecular formula is C21H23ClN2O2S. The number of carbonyl (C=O) groups excluding carboxylic acids is 1. The van der Waals surface area contributed by atoms with Gasteiger partial charge in [0.25, 0.3) is 5.91 Å². The minimum Gasteiger partial charge on any atom is -0.483 e. The van der Waals surface area contributed by atoms with Crippen LogP contribution in [0.1, 0.15) is 23.1 Å². The van der Waals surface area contributed by atoms with Crippen LogP contribution in [0.3, 0.4) is 0 Å². The van der Waals surface area contributed by atoms with Gasteiger partial charge in [-0.25, -0.2) is 4.99 Å². The fraction of sp³-hybridized carbons (Fsp3) is 0.333. The molecule has 1 fully saturated rings. The van der Waals surface area contributed by atoms with Gasteiger partial charge in [0.1, 0.15) is 5.75 Å². The average Bonchev–Trinajstić information content (AvgIpc) is 2.63. The molecule has 0 N–H and O–H groups in total. The van der Waals surface area contributed by atoms with E-state index in [0.29, 0.717) is 11.6 Å². The Kier molecular flexibility index (Phi) is 6.45. The molecule has 6 heteroatoms. The Bertz CT molecular complexity index is 859. The molecule has 0 bridgehead atoms. The molecule has 2 aromatic carbocycles. The highest BCUT2D eigenvalue weighted by molar-refractivity contribution is 8.13. The number of aryl methyl sites for hydroxylation is 3. The third kappa shape index (κ3) is 4.85. The Morgan fingerprint density at radius 2 is 1.89 bits per heavy atom. The van der Waals surface area contributed by atoms with Gasteiger partial charge in [0.2, 0.25) is 0 Å². The molecule has 1 aliphatic heterocycles. The Morgan fingerprint density at radius 1 is 1.19 bits per heavy atom. The van der Waals surface area contributed by atoms with E-state index in [4.69, 9.17) is 21.3 Å². The molecule has 2 aromatic rings. The van der Waals surface area contributed by atoms with Crippen LogP contribution in [0.5, 0.6) is 5.75 Å². The molecule has 1 heterocycles. The zero-order chi connectivity index (χ0) is 19.4. The van der Waals surface area contributed by atoms with Crippen LogP contribution in [0.15, 0.2) is 41.4 Å². The van der Waals surface area contributed by atoms with E-state index < -0.39 is 0 Å². The first-order valence-corrected chi connectivity index (χ1v) is 10.3. The SMILES string of the molecule is Cc1ccccc1N=C1SCCCN1C(=O)COc1c(C)cc(Cl)cc1C. The number of para-hydroxylation sites is 1. The molecule has 0 aliphatic carbocycles. The van der Waals surface area contributed by atoms with Gasteiger partial charge in [-0.15, -0.1) is 0 Å². The van der Waals surface area contributed by atoms with Crippen molar-refractivity contribution in [3.63, 3.8) is 0 Å². The molecule has 1 saturated heterocycles. The summed E-state index contributed by atoms with van der Waals surface area (Å²) >= 11 is 7.68. The van der Waals surface area contributed by atoms with E-state index >= 15 is 0 Å². The first kappa shape index (κ1) is 19.8. The summed E-state index contributed by atoms with van der Waals surface area (Å²) in [5.41, 5.74) is 3.83. The first-order valence-electron chi connectivity index (χ1n) is 8.92. The maximum atomic E-state index is 12.8. The smallest absolute Gasteiger partial charge is 0.266 e. The van der Waals surface area contributed by atoms with Crippen molar-refractivity contribution in [3.05, 3.63) is 58.1 Å². The summed E-state index contributed by atoms with van der Waals surface area (Å²) in [6, 6.07) is 11.6. The normalized spacial score (nSPS) is 15.9. The van der Waals surface area contributed by atoms with Crippen LogP contribution in [0.2, 0.25) is 5.02 Å². The number of nitrogens with zero attached hydrogens (tertiary/aromatic N) is 2. The minimum atomic E-state index is -0.0803. The lowest BCUT2D eigenvalue weighted by Gasteiger charge is -2.28. The predicted molar refractivity (Wildman–Crippen MR) is 113 cm³/mol. The minimum absolute atomic E-state index is 0.0172. The van der Waals surface area contributed by atoms with E-state index in [0.717, 1.165) is 45.5 Å². The number of ether oxygens (including phenoxy) is 1. The standard InChI is InChI=1S/C21H23ClN2O2S/c1-14-7-4-5-8-18(14)23-21-24(9-6-10-27-21)19(25)13-26-20-15(2)11-17(22)12-16(20)3/h4-5,7-8,11-12H,6,9-10,13H2,1-3H3. The number of amides is 1. The van der Waals surface area contributed by atoms with Crippen molar-refractivity contribution < 1.29 is 9.53 Å². The van der Waals surface area contributed by atoms with E-state index in [-0.39, 0.29) is 12.5 Å². The van der Waals surface area contributed by atoms with E-state index in [9.17, 15) is 4.79 Å². The molecule has 0 radical (unpaired) electrons. The van der Waals surface area contributed by atoms with Gasteiger partial charge in [0, 0.05) is 17.3 Å². The zero-order valence-electron chi connectivity index (χ0n) is 15.8. The number of amidine groups is 1. The number of carbonyl (C=O) groups is 1. The zero-order valence-corrected chi connectivity index (χ0v) is 17.4. The molecule has 0 aromatic heterocycles. The molecule has 0 spiro atoms. The van der Waals surface area contributed by atoms with Crippen molar-refractivity contribution in [1.82, 2.24) is 4.90 Å². The molecule has 142 valence electrons.